The zero-order valence-electron chi connectivity index (χ0n) is 15.8. The van der Waals surface area contributed by atoms with E-state index in [1.807, 2.05) is 62.4 Å². The summed E-state index contributed by atoms with van der Waals surface area (Å²) in [5.74, 6) is -0.659. The van der Waals surface area contributed by atoms with Gasteiger partial charge in [0.2, 0.25) is 0 Å². The predicted molar refractivity (Wildman–Crippen MR) is 99.9 cm³/mol. The van der Waals surface area contributed by atoms with Gasteiger partial charge < -0.3 is 18.9 Å². The lowest BCUT2D eigenvalue weighted by Gasteiger charge is -2.15. The highest BCUT2D eigenvalue weighted by molar-refractivity contribution is 5.89. The summed E-state index contributed by atoms with van der Waals surface area (Å²) in [6, 6.07) is 14.5. The highest BCUT2D eigenvalue weighted by Gasteiger charge is 2.59. The normalized spacial score (nSPS) is 25.8. The van der Waals surface area contributed by atoms with E-state index in [-0.39, 0.29) is 0 Å². The molecule has 0 amide bonds. The van der Waals surface area contributed by atoms with Crippen molar-refractivity contribution in [3.05, 3.63) is 59.7 Å². The first-order chi connectivity index (χ1) is 13.6. The molecule has 2 aliphatic rings. The van der Waals surface area contributed by atoms with E-state index in [1.54, 1.807) is 0 Å². The molecule has 2 aromatic rings. The van der Waals surface area contributed by atoms with Crippen molar-refractivity contribution in [3.63, 3.8) is 0 Å². The van der Waals surface area contributed by atoms with Crippen molar-refractivity contribution >= 4 is 11.9 Å². The van der Waals surface area contributed by atoms with Crippen LogP contribution in [0.4, 0.5) is 0 Å². The maximum Gasteiger partial charge on any atom is 0.314 e. The second kappa shape index (κ2) is 7.54. The molecular weight excluding hydrogens is 360 g/mol. The van der Waals surface area contributed by atoms with E-state index in [1.165, 1.54) is 0 Å². The van der Waals surface area contributed by atoms with Crippen molar-refractivity contribution in [2.24, 2.45) is 11.8 Å². The molecular formula is C22H22O6. The van der Waals surface area contributed by atoms with Crippen molar-refractivity contribution in [1.82, 2.24) is 0 Å². The van der Waals surface area contributed by atoms with Gasteiger partial charge >= 0.3 is 11.9 Å². The van der Waals surface area contributed by atoms with Crippen LogP contribution in [0.15, 0.2) is 48.5 Å². The second-order valence-electron chi connectivity index (χ2n) is 6.77. The van der Waals surface area contributed by atoms with E-state index >= 15 is 0 Å². The summed E-state index contributed by atoms with van der Waals surface area (Å²) < 4.78 is 22.1. The number of fused-ring (bicyclic) bond motifs is 1. The summed E-state index contributed by atoms with van der Waals surface area (Å²) in [5.41, 5.74) is 1.52. The van der Waals surface area contributed by atoms with Crippen LogP contribution < -0.4 is 9.47 Å². The van der Waals surface area contributed by atoms with Gasteiger partial charge in [0.25, 0.3) is 0 Å². The van der Waals surface area contributed by atoms with Gasteiger partial charge in [-0.05, 0) is 49.2 Å². The van der Waals surface area contributed by atoms with E-state index < -0.39 is 36.0 Å². The fourth-order valence-corrected chi connectivity index (χ4v) is 3.86. The first-order valence-electron chi connectivity index (χ1n) is 9.49. The third-order valence-corrected chi connectivity index (χ3v) is 5.11. The Morgan fingerprint density at radius 1 is 0.679 bits per heavy atom. The molecule has 0 saturated carbocycles. The SMILES string of the molecule is CCOc1ccc([C@H]2OC(=O)[C@H]3[C@@H]2C(=O)O[C@@H]3c2ccc(OCC)cc2)cc1. The molecule has 4 rings (SSSR count). The number of cyclic esters (lactones) is 2. The maximum atomic E-state index is 12.6. The Morgan fingerprint density at radius 3 is 1.36 bits per heavy atom. The molecule has 2 heterocycles. The minimum atomic E-state index is -0.651. The number of benzene rings is 2. The number of carbonyl (C=O) groups excluding carboxylic acids is 2. The van der Waals surface area contributed by atoms with Crippen LogP contribution in [0.5, 0.6) is 11.5 Å². The average Bonchev–Trinajstić information content (AvgIpc) is 3.22. The van der Waals surface area contributed by atoms with Crippen LogP contribution in [-0.2, 0) is 19.1 Å². The fourth-order valence-electron chi connectivity index (χ4n) is 3.86. The summed E-state index contributed by atoms with van der Waals surface area (Å²) >= 11 is 0. The van der Waals surface area contributed by atoms with E-state index in [0.717, 1.165) is 22.6 Å². The van der Waals surface area contributed by atoms with Gasteiger partial charge in [0.15, 0.2) is 0 Å². The van der Waals surface area contributed by atoms with Gasteiger partial charge in [0.1, 0.15) is 35.5 Å². The minimum Gasteiger partial charge on any atom is -0.494 e. The molecule has 28 heavy (non-hydrogen) atoms. The molecule has 4 atom stereocenters. The molecule has 0 N–H and O–H groups in total. The van der Waals surface area contributed by atoms with E-state index in [2.05, 4.69) is 0 Å². The Hall–Kier alpha value is -3.02. The third-order valence-electron chi connectivity index (χ3n) is 5.11. The molecule has 2 aromatic carbocycles. The number of hydrogen-bond donors (Lipinski definition) is 0. The number of hydrogen-bond acceptors (Lipinski definition) is 6. The lowest BCUT2D eigenvalue weighted by Crippen LogP contribution is -2.19. The van der Waals surface area contributed by atoms with E-state index in [9.17, 15) is 9.59 Å². The third kappa shape index (κ3) is 3.19. The van der Waals surface area contributed by atoms with Gasteiger partial charge in [-0.1, -0.05) is 24.3 Å². The van der Waals surface area contributed by atoms with Gasteiger partial charge in [-0.3, -0.25) is 9.59 Å². The molecule has 2 saturated heterocycles. The standard InChI is InChI=1S/C22H22O6/c1-3-25-15-9-5-13(6-10-15)19-17-18(22(24)27-19)20(28-21(17)23)14-7-11-16(12-8-14)26-4-2/h5-12,17-20H,3-4H2,1-2H3/t17-,18-,19+,20+/m0/s1. The summed E-state index contributed by atoms with van der Waals surface area (Å²) in [4.78, 5) is 25.2. The Kier molecular flexibility index (Phi) is 4.94. The van der Waals surface area contributed by atoms with Gasteiger partial charge in [-0.2, -0.15) is 0 Å². The molecule has 146 valence electrons. The summed E-state index contributed by atoms with van der Waals surface area (Å²) in [7, 11) is 0. The molecule has 2 fully saturated rings. The monoisotopic (exact) mass is 382 g/mol. The molecule has 0 spiro atoms. The lowest BCUT2D eigenvalue weighted by atomic mass is 9.84. The van der Waals surface area contributed by atoms with Gasteiger partial charge in [-0.25, -0.2) is 0 Å². The molecule has 0 radical (unpaired) electrons. The van der Waals surface area contributed by atoms with Crippen molar-refractivity contribution in [2.75, 3.05) is 13.2 Å². The highest BCUT2D eigenvalue weighted by atomic mass is 16.6. The molecule has 0 aromatic heterocycles. The largest absolute Gasteiger partial charge is 0.494 e. The van der Waals surface area contributed by atoms with Gasteiger partial charge in [0.05, 0.1) is 13.2 Å². The average molecular weight is 382 g/mol. The van der Waals surface area contributed by atoms with Crippen LogP contribution in [0.25, 0.3) is 0 Å². The van der Waals surface area contributed by atoms with Crippen LogP contribution >= 0.6 is 0 Å². The summed E-state index contributed by atoms with van der Waals surface area (Å²) in [6.45, 7) is 4.96. The minimum absolute atomic E-state index is 0.409. The van der Waals surface area contributed by atoms with Crippen molar-refractivity contribution in [1.29, 1.82) is 0 Å². The van der Waals surface area contributed by atoms with Crippen LogP contribution in [0.1, 0.15) is 37.2 Å². The molecule has 0 aliphatic carbocycles. The van der Waals surface area contributed by atoms with E-state index in [4.69, 9.17) is 18.9 Å². The topological polar surface area (TPSA) is 71.1 Å². The Balaban J connectivity index is 1.58. The maximum absolute atomic E-state index is 12.6. The second-order valence-corrected chi connectivity index (χ2v) is 6.77. The Labute approximate surface area is 163 Å². The zero-order valence-corrected chi connectivity index (χ0v) is 15.8. The fraction of sp³-hybridized carbons (Fsp3) is 0.364. The highest BCUT2D eigenvalue weighted by Crippen LogP contribution is 2.51. The number of carbonyl (C=O) groups is 2. The predicted octanol–water partition coefficient (Wildman–Crippen LogP) is 3.61. The molecule has 2 aliphatic heterocycles. The van der Waals surface area contributed by atoms with Crippen LogP contribution in [0, 0.1) is 11.8 Å². The number of esters is 2. The smallest absolute Gasteiger partial charge is 0.314 e. The number of ether oxygens (including phenoxy) is 4. The summed E-state index contributed by atoms with van der Waals surface area (Å²) in [6.07, 6.45) is -1.29. The molecule has 0 bridgehead atoms. The summed E-state index contributed by atoms with van der Waals surface area (Å²) in [5, 5.41) is 0. The van der Waals surface area contributed by atoms with Gasteiger partial charge in [-0.15, -0.1) is 0 Å². The van der Waals surface area contributed by atoms with E-state index in [0.29, 0.717) is 13.2 Å². The van der Waals surface area contributed by atoms with Crippen molar-refractivity contribution in [3.8, 4) is 11.5 Å². The first-order valence-corrected chi connectivity index (χ1v) is 9.49. The molecule has 6 heteroatoms. The number of rotatable bonds is 6. The van der Waals surface area contributed by atoms with Gasteiger partial charge in [0, 0.05) is 0 Å². The van der Waals surface area contributed by atoms with Crippen LogP contribution in [0.2, 0.25) is 0 Å². The lowest BCUT2D eigenvalue weighted by molar-refractivity contribution is -0.154. The van der Waals surface area contributed by atoms with Crippen LogP contribution in [-0.4, -0.2) is 25.2 Å². The first kappa shape index (κ1) is 18.3. The van der Waals surface area contributed by atoms with Crippen molar-refractivity contribution < 1.29 is 28.5 Å². The van der Waals surface area contributed by atoms with Crippen molar-refractivity contribution in [2.45, 2.75) is 26.1 Å². The molecule has 0 unspecified atom stereocenters. The molecule has 6 nitrogen and oxygen atoms in total. The van der Waals surface area contributed by atoms with Crippen LogP contribution in [0.3, 0.4) is 0 Å². The Bertz CT molecular complexity index is 784. The Morgan fingerprint density at radius 2 is 1.04 bits per heavy atom. The zero-order chi connectivity index (χ0) is 19.7. The quantitative estimate of drug-likeness (QED) is 0.711.